The first-order valence-corrected chi connectivity index (χ1v) is 9.79. The van der Waals surface area contributed by atoms with Gasteiger partial charge < -0.3 is 5.32 Å². The Morgan fingerprint density at radius 1 is 1.08 bits per heavy atom. The third-order valence-electron chi connectivity index (χ3n) is 4.26. The first-order chi connectivity index (χ1) is 12.1. The summed E-state index contributed by atoms with van der Waals surface area (Å²) in [5, 5.41) is 3.40. The summed E-state index contributed by atoms with van der Waals surface area (Å²) in [4.78, 5) is 12.3. The molecule has 6 heteroatoms. The monoisotopic (exact) mass is 370 g/mol. The van der Waals surface area contributed by atoms with Crippen molar-refractivity contribution in [3.63, 3.8) is 0 Å². The molecule has 1 N–H and O–H groups in total. The van der Waals surface area contributed by atoms with Gasteiger partial charge in [-0.25, -0.2) is 12.7 Å². The molecular formula is C20H22N2O3S. The number of rotatable bonds is 3. The molecule has 0 saturated heterocycles. The van der Waals surface area contributed by atoms with Gasteiger partial charge in [0.05, 0.1) is 16.1 Å². The number of hydrogen-bond acceptors (Lipinski definition) is 4. The van der Waals surface area contributed by atoms with Gasteiger partial charge in [0.25, 0.3) is 10.0 Å². The fourth-order valence-electron chi connectivity index (χ4n) is 3.28. The number of fused-ring (bicyclic) bond motifs is 1. The average molecular weight is 370 g/mol. The van der Waals surface area contributed by atoms with Crippen molar-refractivity contribution < 1.29 is 13.2 Å². The highest BCUT2D eigenvalue weighted by molar-refractivity contribution is 7.93. The second-order valence-electron chi connectivity index (χ2n) is 7.01. The van der Waals surface area contributed by atoms with E-state index in [1.165, 1.54) is 19.1 Å². The maximum atomic E-state index is 13.0. The molecule has 1 aliphatic rings. The van der Waals surface area contributed by atoms with Gasteiger partial charge in [0, 0.05) is 18.2 Å². The van der Waals surface area contributed by atoms with Crippen LogP contribution in [0.4, 0.5) is 11.4 Å². The number of benzene rings is 2. The molecule has 1 aliphatic heterocycles. The number of allylic oxidation sites excluding steroid dienone is 1. The van der Waals surface area contributed by atoms with E-state index in [1.54, 1.807) is 30.3 Å². The second kappa shape index (κ2) is 6.29. The second-order valence-corrected chi connectivity index (χ2v) is 8.79. The molecule has 1 heterocycles. The smallest absolute Gasteiger partial charge is 0.270 e. The lowest BCUT2D eigenvalue weighted by molar-refractivity contribution is -0.115. The molecule has 0 saturated carbocycles. The van der Waals surface area contributed by atoms with Crippen LogP contribution in [0.5, 0.6) is 0 Å². The average Bonchev–Trinajstić information content (AvgIpc) is 2.55. The van der Waals surface area contributed by atoms with Gasteiger partial charge in [-0.3, -0.25) is 4.79 Å². The molecule has 26 heavy (non-hydrogen) atoms. The number of nitrogens with one attached hydrogen (secondary N) is 1. The van der Waals surface area contributed by atoms with Crippen LogP contribution in [-0.4, -0.2) is 19.9 Å². The Labute approximate surface area is 154 Å². The summed E-state index contributed by atoms with van der Waals surface area (Å²) < 4.78 is 26.9. The molecule has 0 atom stereocenters. The Balaban J connectivity index is 2.12. The van der Waals surface area contributed by atoms with E-state index in [0.29, 0.717) is 5.69 Å². The highest BCUT2D eigenvalue weighted by Gasteiger charge is 2.30. The summed E-state index contributed by atoms with van der Waals surface area (Å²) in [7, 11) is -3.98. The van der Waals surface area contributed by atoms with Crippen molar-refractivity contribution in [1.82, 2.24) is 0 Å². The zero-order valence-corrected chi connectivity index (χ0v) is 16.1. The summed E-state index contributed by atoms with van der Waals surface area (Å²) in [5.74, 6) is -0.556. The maximum absolute atomic E-state index is 13.0. The van der Waals surface area contributed by atoms with Crippen LogP contribution in [0.3, 0.4) is 0 Å². The van der Waals surface area contributed by atoms with Crippen LogP contribution in [0.1, 0.15) is 33.3 Å². The Hall–Kier alpha value is -2.60. The molecule has 0 aliphatic carbocycles. The van der Waals surface area contributed by atoms with Gasteiger partial charge in [0.2, 0.25) is 5.91 Å². The number of amides is 1. The molecule has 0 radical (unpaired) electrons. The van der Waals surface area contributed by atoms with E-state index < -0.39 is 15.9 Å². The van der Waals surface area contributed by atoms with Crippen LogP contribution in [0, 0.1) is 0 Å². The summed E-state index contributed by atoms with van der Waals surface area (Å²) in [6.07, 6.45) is 2.09. The minimum absolute atomic E-state index is 0.0828. The lowest BCUT2D eigenvalue weighted by Crippen LogP contribution is -2.36. The van der Waals surface area contributed by atoms with Gasteiger partial charge in [-0.2, -0.15) is 0 Å². The van der Waals surface area contributed by atoms with Crippen molar-refractivity contribution >= 4 is 32.9 Å². The molecule has 0 fully saturated rings. The molecule has 2 aromatic carbocycles. The van der Waals surface area contributed by atoms with Crippen LogP contribution < -0.4 is 9.62 Å². The number of carbonyl (C=O) groups excluding carboxylic acids is 1. The van der Waals surface area contributed by atoms with Gasteiger partial charge in [-0.15, -0.1) is 0 Å². The van der Waals surface area contributed by atoms with Crippen LogP contribution in [0.25, 0.3) is 5.57 Å². The third kappa shape index (κ3) is 3.24. The van der Waals surface area contributed by atoms with E-state index in [4.69, 9.17) is 0 Å². The van der Waals surface area contributed by atoms with Gasteiger partial charge in [-0.05, 0) is 56.7 Å². The predicted molar refractivity (Wildman–Crippen MR) is 105 cm³/mol. The van der Waals surface area contributed by atoms with E-state index in [-0.39, 0.29) is 10.4 Å². The summed E-state index contributed by atoms with van der Waals surface area (Å²) in [6.45, 7) is 7.36. The van der Waals surface area contributed by atoms with Crippen molar-refractivity contribution in [1.29, 1.82) is 0 Å². The van der Waals surface area contributed by atoms with Crippen molar-refractivity contribution in [2.75, 3.05) is 9.62 Å². The third-order valence-corrected chi connectivity index (χ3v) is 6.08. The molecular weight excluding hydrogens is 348 g/mol. The van der Waals surface area contributed by atoms with E-state index in [9.17, 15) is 13.2 Å². The highest BCUT2D eigenvalue weighted by atomic mass is 32.2. The Morgan fingerprint density at radius 2 is 1.73 bits per heavy atom. The molecule has 0 spiro atoms. The van der Waals surface area contributed by atoms with Gasteiger partial charge in [0.15, 0.2) is 0 Å². The van der Waals surface area contributed by atoms with Gasteiger partial charge in [0.1, 0.15) is 0 Å². The number of nitrogens with zero attached hydrogens (tertiary/aromatic N) is 1. The van der Waals surface area contributed by atoms with Crippen molar-refractivity contribution in [2.24, 2.45) is 0 Å². The van der Waals surface area contributed by atoms with Crippen molar-refractivity contribution in [2.45, 2.75) is 38.1 Å². The maximum Gasteiger partial charge on any atom is 0.270 e. The zero-order chi connectivity index (χ0) is 19.1. The molecule has 136 valence electrons. The number of anilines is 2. The summed E-state index contributed by atoms with van der Waals surface area (Å²) in [5.41, 5.74) is 2.98. The standard InChI is InChI=1S/C20H22N2O3S/c1-14-13-20(3,4)21-19-11-10-16(12-18(14)19)22(15(2)23)26(24,25)17-8-6-5-7-9-17/h5-13,21H,1-4H3. The van der Waals surface area contributed by atoms with Gasteiger partial charge >= 0.3 is 0 Å². The lowest BCUT2D eigenvalue weighted by Gasteiger charge is -2.32. The van der Waals surface area contributed by atoms with Gasteiger partial charge in [-0.1, -0.05) is 24.3 Å². The first-order valence-electron chi connectivity index (χ1n) is 8.35. The van der Waals surface area contributed by atoms with Crippen molar-refractivity contribution in [3.8, 4) is 0 Å². The van der Waals surface area contributed by atoms with Crippen molar-refractivity contribution in [3.05, 3.63) is 60.2 Å². The van der Waals surface area contributed by atoms with E-state index in [1.807, 2.05) is 13.0 Å². The predicted octanol–water partition coefficient (Wildman–Crippen LogP) is 4.04. The summed E-state index contributed by atoms with van der Waals surface area (Å²) in [6, 6.07) is 13.2. The molecule has 0 bridgehead atoms. The molecule has 0 unspecified atom stereocenters. The number of hydrogen-bond donors (Lipinski definition) is 1. The first kappa shape index (κ1) is 18.2. The minimum atomic E-state index is -3.98. The topological polar surface area (TPSA) is 66.5 Å². The fourth-order valence-corrected chi connectivity index (χ4v) is 4.73. The Morgan fingerprint density at radius 3 is 2.35 bits per heavy atom. The van der Waals surface area contributed by atoms with E-state index in [0.717, 1.165) is 21.1 Å². The molecule has 5 nitrogen and oxygen atoms in total. The molecule has 2 aromatic rings. The van der Waals surface area contributed by atoms with Crippen LogP contribution in [0.15, 0.2) is 59.5 Å². The van der Waals surface area contributed by atoms with Crippen LogP contribution in [0.2, 0.25) is 0 Å². The molecule has 1 amide bonds. The highest BCUT2D eigenvalue weighted by Crippen LogP contribution is 2.37. The Bertz CT molecular complexity index is 993. The van der Waals surface area contributed by atoms with E-state index in [2.05, 4.69) is 25.2 Å². The largest absolute Gasteiger partial charge is 0.376 e. The van der Waals surface area contributed by atoms with Crippen LogP contribution >= 0.6 is 0 Å². The normalized spacial score (nSPS) is 15.5. The zero-order valence-electron chi connectivity index (χ0n) is 15.3. The lowest BCUT2D eigenvalue weighted by atomic mass is 9.91. The molecule has 3 rings (SSSR count). The Kier molecular flexibility index (Phi) is 4.40. The SMILES string of the molecule is CC(=O)N(c1ccc2c(c1)C(C)=CC(C)(C)N2)S(=O)(=O)c1ccccc1. The summed E-state index contributed by atoms with van der Waals surface area (Å²) >= 11 is 0. The number of carbonyl (C=O) groups is 1. The minimum Gasteiger partial charge on any atom is -0.376 e. The fraction of sp³-hybridized carbons (Fsp3) is 0.250. The molecule has 0 aromatic heterocycles. The number of sulfonamides is 1. The van der Waals surface area contributed by atoms with E-state index >= 15 is 0 Å². The quantitative estimate of drug-likeness (QED) is 0.886. The van der Waals surface area contributed by atoms with Crippen LogP contribution in [-0.2, 0) is 14.8 Å².